The van der Waals surface area contributed by atoms with E-state index in [9.17, 15) is 22.4 Å². The molecule has 2 aromatic heterocycles. The van der Waals surface area contributed by atoms with Gasteiger partial charge in [0, 0.05) is 36.2 Å². The highest BCUT2D eigenvalue weighted by Crippen LogP contribution is 2.33. The summed E-state index contributed by atoms with van der Waals surface area (Å²) in [6, 6.07) is 4.90. The molecule has 160 valence electrons. The monoisotopic (exact) mass is 442 g/mol. The summed E-state index contributed by atoms with van der Waals surface area (Å²) in [5.74, 6) is -1.89. The van der Waals surface area contributed by atoms with Crippen LogP contribution in [0, 0.1) is 5.82 Å². The molecule has 5 N–H and O–H groups in total. The number of nitrogens with one attached hydrogen (secondary N) is 2. The largest absolute Gasteiger partial charge is 0.419 e. The van der Waals surface area contributed by atoms with Crippen molar-refractivity contribution in [3.05, 3.63) is 63.5 Å². The number of nitrogens with zero attached hydrogens (tertiary/aromatic N) is 1. The van der Waals surface area contributed by atoms with Crippen LogP contribution in [0.5, 0.6) is 0 Å². The van der Waals surface area contributed by atoms with E-state index in [1.54, 1.807) is 5.38 Å². The van der Waals surface area contributed by atoms with Crippen molar-refractivity contribution < 1.29 is 27.5 Å². The summed E-state index contributed by atoms with van der Waals surface area (Å²) in [5, 5.41) is 14.1. The standard InChI is InChI=1S/C19H18F4N4O2S/c20-13-7-10(1-2-12(13)19(21,22)23)14-3-4-15(26-14)17(29)27-16(8-24)18-25-11(5-6-28)9-30-18/h1-4,7,9,16,26,28H,5-6,8,24H2,(H,27,29)/t16-/m0/s1. The molecule has 11 heteroatoms. The molecule has 1 atom stereocenters. The second-order valence-corrected chi connectivity index (χ2v) is 7.28. The molecular weight excluding hydrogens is 424 g/mol. The fourth-order valence-electron chi connectivity index (χ4n) is 2.78. The van der Waals surface area contributed by atoms with Gasteiger partial charge in [0.15, 0.2) is 0 Å². The maximum atomic E-state index is 13.8. The number of amides is 1. The number of carbonyl (C=O) groups is 1. The lowest BCUT2D eigenvalue weighted by Crippen LogP contribution is -2.33. The Balaban J connectivity index is 1.75. The maximum absolute atomic E-state index is 13.8. The van der Waals surface area contributed by atoms with Crippen LogP contribution in [-0.4, -0.2) is 34.1 Å². The number of alkyl halides is 3. The Morgan fingerprint density at radius 1 is 1.30 bits per heavy atom. The molecule has 2 heterocycles. The van der Waals surface area contributed by atoms with E-state index in [0.717, 1.165) is 12.1 Å². The smallest absolute Gasteiger partial charge is 0.396 e. The Hall–Kier alpha value is -2.76. The molecule has 3 rings (SSSR count). The van der Waals surface area contributed by atoms with Crippen LogP contribution < -0.4 is 11.1 Å². The van der Waals surface area contributed by atoms with Crippen LogP contribution >= 0.6 is 11.3 Å². The summed E-state index contributed by atoms with van der Waals surface area (Å²) in [5.41, 5.74) is 5.66. The molecular formula is C19H18F4N4O2S. The first-order valence-electron chi connectivity index (χ1n) is 8.85. The predicted molar refractivity (Wildman–Crippen MR) is 103 cm³/mol. The van der Waals surface area contributed by atoms with Crippen LogP contribution in [0.2, 0.25) is 0 Å². The van der Waals surface area contributed by atoms with E-state index in [4.69, 9.17) is 10.8 Å². The zero-order valence-electron chi connectivity index (χ0n) is 15.5. The lowest BCUT2D eigenvalue weighted by atomic mass is 10.1. The Kier molecular flexibility index (Phi) is 6.54. The van der Waals surface area contributed by atoms with Crippen LogP contribution in [0.15, 0.2) is 35.7 Å². The lowest BCUT2D eigenvalue weighted by molar-refractivity contribution is -0.139. The van der Waals surface area contributed by atoms with Crippen molar-refractivity contribution in [3.8, 4) is 11.3 Å². The molecule has 0 saturated carbocycles. The number of aliphatic hydroxyl groups is 1. The van der Waals surface area contributed by atoms with Crippen molar-refractivity contribution in [2.75, 3.05) is 13.2 Å². The minimum Gasteiger partial charge on any atom is -0.396 e. The Morgan fingerprint density at radius 3 is 2.70 bits per heavy atom. The average Bonchev–Trinajstić information content (AvgIpc) is 3.35. The molecule has 0 bridgehead atoms. The first kappa shape index (κ1) is 21.9. The van der Waals surface area contributed by atoms with Crippen LogP contribution in [0.1, 0.15) is 32.8 Å². The quantitative estimate of drug-likeness (QED) is 0.422. The molecule has 0 aliphatic rings. The van der Waals surface area contributed by atoms with Crippen molar-refractivity contribution in [2.24, 2.45) is 5.73 Å². The summed E-state index contributed by atoms with van der Waals surface area (Å²) < 4.78 is 51.9. The summed E-state index contributed by atoms with van der Waals surface area (Å²) >= 11 is 1.31. The molecule has 0 unspecified atom stereocenters. The fourth-order valence-corrected chi connectivity index (χ4v) is 3.69. The number of nitrogens with two attached hydrogens (primary N) is 1. The van der Waals surface area contributed by atoms with E-state index in [1.165, 1.54) is 23.5 Å². The van der Waals surface area contributed by atoms with Crippen LogP contribution in [0.3, 0.4) is 0 Å². The summed E-state index contributed by atoms with van der Waals surface area (Å²) in [4.78, 5) is 19.6. The van der Waals surface area contributed by atoms with Crippen LogP contribution in [-0.2, 0) is 12.6 Å². The molecule has 1 amide bonds. The van der Waals surface area contributed by atoms with Crippen molar-refractivity contribution in [3.63, 3.8) is 0 Å². The number of hydrogen-bond acceptors (Lipinski definition) is 5. The van der Waals surface area contributed by atoms with Gasteiger partial charge in [-0.25, -0.2) is 9.37 Å². The van der Waals surface area contributed by atoms with Crippen LogP contribution in [0.4, 0.5) is 17.6 Å². The molecule has 0 aliphatic carbocycles. The molecule has 0 radical (unpaired) electrons. The second kappa shape index (κ2) is 8.94. The third-order valence-electron chi connectivity index (χ3n) is 4.29. The number of aliphatic hydroxyl groups excluding tert-OH is 1. The lowest BCUT2D eigenvalue weighted by Gasteiger charge is -2.13. The number of rotatable bonds is 7. The number of carbonyl (C=O) groups excluding carboxylic acids is 1. The number of thiazole rings is 1. The van der Waals surface area contributed by atoms with E-state index in [1.807, 2.05) is 0 Å². The highest BCUT2D eigenvalue weighted by molar-refractivity contribution is 7.09. The van der Waals surface area contributed by atoms with Gasteiger partial charge in [0.2, 0.25) is 0 Å². The van der Waals surface area contributed by atoms with E-state index >= 15 is 0 Å². The molecule has 0 aliphatic heterocycles. The summed E-state index contributed by atoms with van der Waals surface area (Å²) in [6.45, 7) is 0.0497. The maximum Gasteiger partial charge on any atom is 0.419 e. The van der Waals surface area contributed by atoms with Gasteiger partial charge < -0.3 is 21.1 Å². The van der Waals surface area contributed by atoms with Gasteiger partial charge in [-0.3, -0.25) is 4.79 Å². The Labute approximate surface area is 172 Å². The van der Waals surface area contributed by atoms with Gasteiger partial charge in [-0.1, -0.05) is 6.07 Å². The van der Waals surface area contributed by atoms with E-state index in [0.29, 0.717) is 23.2 Å². The van der Waals surface area contributed by atoms with E-state index in [-0.39, 0.29) is 30.1 Å². The molecule has 30 heavy (non-hydrogen) atoms. The number of hydrogen-bond donors (Lipinski definition) is 4. The highest BCUT2D eigenvalue weighted by Gasteiger charge is 2.34. The van der Waals surface area contributed by atoms with Gasteiger partial charge in [0.25, 0.3) is 5.91 Å². The Bertz CT molecular complexity index is 1030. The van der Waals surface area contributed by atoms with Crippen molar-refractivity contribution in [2.45, 2.75) is 18.6 Å². The number of aromatic amines is 1. The highest BCUT2D eigenvalue weighted by atomic mass is 32.1. The molecule has 0 saturated heterocycles. The number of benzene rings is 1. The summed E-state index contributed by atoms with van der Waals surface area (Å²) in [7, 11) is 0. The van der Waals surface area contributed by atoms with Gasteiger partial charge >= 0.3 is 6.18 Å². The van der Waals surface area contributed by atoms with E-state index < -0.39 is 29.5 Å². The normalized spacial score (nSPS) is 12.7. The topological polar surface area (TPSA) is 104 Å². The molecule has 0 spiro atoms. The number of aromatic nitrogens is 2. The van der Waals surface area contributed by atoms with Crippen molar-refractivity contribution in [1.82, 2.24) is 15.3 Å². The minimum absolute atomic E-state index is 0.0430. The third kappa shape index (κ3) is 4.86. The van der Waals surface area contributed by atoms with Gasteiger partial charge in [-0.2, -0.15) is 13.2 Å². The number of halogens is 4. The Morgan fingerprint density at radius 2 is 2.07 bits per heavy atom. The minimum atomic E-state index is -4.78. The zero-order valence-corrected chi connectivity index (χ0v) is 16.3. The molecule has 3 aromatic rings. The SMILES string of the molecule is NC[C@H](NC(=O)c1ccc(-c2ccc(C(F)(F)F)c(F)c2)[nH]1)c1nc(CCO)cs1. The van der Waals surface area contributed by atoms with Gasteiger partial charge in [-0.05, 0) is 24.3 Å². The molecule has 1 aromatic carbocycles. The fraction of sp³-hybridized carbons (Fsp3) is 0.263. The molecule has 6 nitrogen and oxygen atoms in total. The zero-order chi connectivity index (χ0) is 21.9. The van der Waals surface area contributed by atoms with Gasteiger partial charge in [0.1, 0.15) is 16.5 Å². The third-order valence-corrected chi connectivity index (χ3v) is 5.30. The first-order chi connectivity index (χ1) is 14.2. The summed E-state index contributed by atoms with van der Waals surface area (Å²) in [6.07, 6.45) is -4.39. The van der Waals surface area contributed by atoms with Gasteiger partial charge in [0.05, 0.1) is 17.3 Å². The number of H-pyrrole nitrogens is 1. The van der Waals surface area contributed by atoms with E-state index in [2.05, 4.69) is 15.3 Å². The van der Waals surface area contributed by atoms with Gasteiger partial charge in [-0.15, -0.1) is 11.3 Å². The van der Waals surface area contributed by atoms with Crippen LogP contribution in [0.25, 0.3) is 11.3 Å². The molecule has 0 fully saturated rings. The predicted octanol–water partition coefficient (Wildman–Crippen LogP) is 3.26. The van der Waals surface area contributed by atoms with Crippen molar-refractivity contribution >= 4 is 17.2 Å². The average molecular weight is 442 g/mol. The van der Waals surface area contributed by atoms with Crippen molar-refractivity contribution in [1.29, 1.82) is 0 Å². The second-order valence-electron chi connectivity index (χ2n) is 6.39. The first-order valence-corrected chi connectivity index (χ1v) is 9.73.